The predicted octanol–water partition coefficient (Wildman–Crippen LogP) is 8.81. The van der Waals surface area contributed by atoms with E-state index in [0.717, 1.165) is 0 Å². The van der Waals surface area contributed by atoms with Crippen molar-refractivity contribution < 1.29 is 0 Å². The van der Waals surface area contributed by atoms with Crippen LogP contribution in [0.3, 0.4) is 0 Å². The number of hydrogen-bond acceptors (Lipinski definition) is 2. The van der Waals surface area contributed by atoms with Gasteiger partial charge in [0.05, 0.1) is 0 Å². The third-order valence-corrected chi connectivity index (χ3v) is 8.80. The van der Waals surface area contributed by atoms with Gasteiger partial charge < -0.3 is 0 Å². The molecule has 0 amide bonds. The molecule has 2 atom stereocenters. The molecule has 2 aromatic carbocycles. The smallest absolute Gasteiger partial charge is 0.0308 e. The molecule has 31 heavy (non-hydrogen) atoms. The Balaban J connectivity index is 1.55. The number of rotatable bonds is 4. The zero-order valence-electron chi connectivity index (χ0n) is 17.7. The second kappa shape index (κ2) is 7.19. The molecule has 0 fully saturated rings. The normalized spacial score (nSPS) is 19.7. The molecule has 0 aliphatic heterocycles. The molecule has 6 rings (SSSR count). The van der Waals surface area contributed by atoms with Gasteiger partial charge in [0, 0.05) is 21.6 Å². The molecule has 0 bridgehead atoms. The average Bonchev–Trinajstić information content (AvgIpc) is 3.57. The lowest BCUT2D eigenvalue weighted by atomic mass is 9.62. The van der Waals surface area contributed by atoms with E-state index in [1.807, 2.05) is 22.7 Å². The zero-order chi connectivity index (χ0) is 21.0. The Hall–Kier alpha value is -2.68. The van der Waals surface area contributed by atoms with E-state index in [0.29, 0.717) is 11.8 Å². The van der Waals surface area contributed by atoms with Crippen molar-refractivity contribution in [1.29, 1.82) is 0 Å². The van der Waals surface area contributed by atoms with Crippen LogP contribution in [0.5, 0.6) is 0 Å². The van der Waals surface area contributed by atoms with Crippen molar-refractivity contribution in [1.82, 2.24) is 0 Å². The Bertz CT molecular complexity index is 1200. The highest BCUT2D eigenvalue weighted by Crippen LogP contribution is 2.62. The summed E-state index contributed by atoms with van der Waals surface area (Å²) in [6.45, 7) is 4.96. The van der Waals surface area contributed by atoms with Crippen LogP contribution in [0, 0.1) is 5.41 Å². The van der Waals surface area contributed by atoms with Crippen LogP contribution in [0.2, 0.25) is 0 Å². The first kappa shape index (κ1) is 19.0. The molecule has 0 spiro atoms. The van der Waals surface area contributed by atoms with Crippen molar-refractivity contribution in [2.45, 2.75) is 25.7 Å². The van der Waals surface area contributed by atoms with E-state index >= 15 is 0 Å². The number of thiophene rings is 2. The summed E-state index contributed by atoms with van der Waals surface area (Å²) in [6.07, 6.45) is 4.87. The maximum absolute atomic E-state index is 2.48. The fraction of sp³-hybridized carbons (Fsp3) is 0.172. The molecular formula is C29H24S2. The third kappa shape index (κ3) is 2.93. The van der Waals surface area contributed by atoms with Gasteiger partial charge in [-0.25, -0.2) is 0 Å². The van der Waals surface area contributed by atoms with E-state index in [4.69, 9.17) is 0 Å². The lowest BCUT2D eigenvalue weighted by Crippen LogP contribution is -2.29. The standard InChI is InChI=1S/C29H24S2/c1-29(2,27-21-11-5-3-9-19(21)17-23(27)25-13-7-15-30-25)28-22-12-6-4-10-20(22)18-24(28)26-14-8-16-31-26/h3-18,27-28H,1-2H3. The van der Waals surface area contributed by atoms with Gasteiger partial charge in [-0.2, -0.15) is 0 Å². The van der Waals surface area contributed by atoms with Gasteiger partial charge in [-0.1, -0.05) is 74.5 Å². The SMILES string of the molecule is CC(C)(C1C(c2cccs2)=Cc2ccccc21)C1C(c2cccs2)=Cc2ccccc21. The summed E-state index contributed by atoms with van der Waals surface area (Å²) in [5, 5.41) is 4.40. The van der Waals surface area contributed by atoms with E-state index in [9.17, 15) is 0 Å². The van der Waals surface area contributed by atoms with Crippen LogP contribution >= 0.6 is 22.7 Å². The van der Waals surface area contributed by atoms with Gasteiger partial charge in [0.1, 0.15) is 0 Å². The highest BCUT2D eigenvalue weighted by atomic mass is 32.1. The Morgan fingerprint density at radius 2 is 1.03 bits per heavy atom. The molecule has 4 aromatic rings. The molecule has 2 aliphatic carbocycles. The second-order valence-electron chi connectivity index (χ2n) is 9.10. The summed E-state index contributed by atoms with van der Waals surface area (Å²) < 4.78 is 0. The number of hydrogen-bond donors (Lipinski definition) is 0. The minimum Gasteiger partial charge on any atom is -0.144 e. The summed E-state index contributed by atoms with van der Waals surface area (Å²) in [5.41, 5.74) is 8.61. The fourth-order valence-electron chi connectivity index (χ4n) is 5.73. The fourth-order valence-corrected chi connectivity index (χ4v) is 7.28. The van der Waals surface area contributed by atoms with Gasteiger partial charge in [0.15, 0.2) is 0 Å². The first-order valence-corrected chi connectivity index (χ1v) is 12.6. The third-order valence-electron chi connectivity index (χ3n) is 6.96. The first-order chi connectivity index (χ1) is 15.1. The van der Waals surface area contributed by atoms with Gasteiger partial charge in [0.25, 0.3) is 0 Å². The number of fused-ring (bicyclic) bond motifs is 2. The largest absolute Gasteiger partial charge is 0.144 e. The van der Waals surface area contributed by atoms with Crippen LogP contribution < -0.4 is 0 Å². The highest BCUT2D eigenvalue weighted by Gasteiger charge is 2.47. The zero-order valence-corrected chi connectivity index (χ0v) is 19.3. The number of benzene rings is 2. The molecule has 0 N–H and O–H groups in total. The Kier molecular flexibility index (Phi) is 4.41. The summed E-state index contributed by atoms with van der Waals surface area (Å²) in [4.78, 5) is 2.78. The summed E-state index contributed by atoms with van der Waals surface area (Å²) in [7, 11) is 0. The van der Waals surface area contributed by atoms with Gasteiger partial charge in [-0.05, 0) is 73.9 Å². The Morgan fingerprint density at radius 1 is 0.581 bits per heavy atom. The van der Waals surface area contributed by atoms with Crippen LogP contribution in [0.25, 0.3) is 23.3 Å². The Morgan fingerprint density at radius 3 is 1.45 bits per heavy atom. The highest BCUT2D eigenvalue weighted by molar-refractivity contribution is 7.11. The van der Waals surface area contributed by atoms with Crippen molar-refractivity contribution in [3.8, 4) is 0 Å². The van der Waals surface area contributed by atoms with E-state index < -0.39 is 0 Å². The first-order valence-electron chi connectivity index (χ1n) is 10.8. The van der Waals surface area contributed by atoms with Crippen molar-refractivity contribution in [2.75, 3.05) is 0 Å². The minimum absolute atomic E-state index is 0.00481. The molecule has 2 aliphatic rings. The van der Waals surface area contributed by atoms with Crippen LogP contribution in [0.4, 0.5) is 0 Å². The van der Waals surface area contributed by atoms with Crippen molar-refractivity contribution >= 4 is 46.0 Å². The molecule has 2 aromatic heterocycles. The maximum Gasteiger partial charge on any atom is 0.0308 e. The van der Waals surface area contributed by atoms with Crippen LogP contribution in [-0.4, -0.2) is 0 Å². The summed E-state index contributed by atoms with van der Waals surface area (Å²) in [5.74, 6) is 0.698. The van der Waals surface area contributed by atoms with E-state index in [2.05, 4.69) is 110 Å². The molecular weight excluding hydrogens is 412 g/mol. The van der Waals surface area contributed by atoms with Gasteiger partial charge in [-0.15, -0.1) is 22.7 Å². The van der Waals surface area contributed by atoms with E-state index in [1.54, 1.807) is 0 Å². The predicted molar refractivity (Wildman–Crippen MR) is 137 cm³/mol. The summed E-state index contributed by atoms with van der Waals surface area (Å²) >= 11 is 3.71. The molecule has 0 saturated heterocycles. The van der Waals surface area contributed by atoms with Gasteiger partial charge in [-0.3, -0.25) is 0 Å². The quantitative estimate of drug-likeness (QED) is 0.300. The van der Waals surface area contributed by atoms with Crippen LogP contribution in [0.15, 0.2) is 83.6 Å². The molecule has 0 radical (unpaired) electrons. The minimum atomic E-state index is 0.00481. The molecule has 2 heteroatoms. The van der Waals surface area contributed by atoms with Crippen molar-refractivity contribution in [3.63, 3.8) is 0 Å². The molecule has 2 unspecified atom stereocenters. The monoisotopic (exact) mass is 436 g/mol. The van der Waals surface area contributed by atoms with Gasteiger partial charge >= 0.3 is 0 Å². The van der Waals surface area contributed by atoms with E-state index in [1.165, 1.54) is 43.2 Å². The van der Waals surface area contributed by atoms with Crippen LogP contribution in [0.1, 0.15) is 57.7 Å². The topological polar surface area (TPSA) is 0 Å². The second-order valence-corrected chi connectivity index (χ2v) is 11.0. The van der Waals surface area contributed by atoms with Crippen molar-refractivity contribution in [2.24, 2.45) is 5.41 Å². The molecule has 0 saturated carbocycles. The molecule has 152 valence electrons. The molecule has 2 heterocycles. The maximum atomic E-state index is 2.48. The van der Waals surface area contributed by atoms with Crippen LogP contribution in [-0.2, 0) is 0 Å². The summed E-state index contributed by atoms with van der Waals surface area (Å²) in [6, 6.07) is 26.9. The Labute approximate surface area is 192 Å². The van der Waals surface area contributed by atoms with E-state index in [-0.39, 0.29) is 5.41 Å². The number of allylic oxidation sites excluding steroid dienone is 2. The average molecular weight is 437 g/mol. The lowest BCUT2D eigenvalue weighted by Gasteiger charge is -2.41. The molecule has 0 nitrogen and oxygen atoms in total. The lowest BCUT2D eigenvalue weighted by molar-refractivity contribution is 0.304. The van der Waals surface area contributed by atoms with Gasteiger partial charge in [0.2, 0.25) is 0 Å². The van der Waals surface area contributed by atoms with Crippen molar-refractivity contribution in [3.05, 3.63) is 116 Å².